The van der Waals surface area contributed by atoms with Gasteiger partial charge in [-0.25, -0.2) is 0 Å². The first-order chi connectivity index (χ1) is 67.4. The maximum Gasteiger partial charge on any atom is 0.300 e. The molecule has 12 rings (SSSR count). The van der Waals surface area contributed by atoms with Crippen LogP contribution in [0, 0.1) is 46.2 Å². The van der Waals surface area contributed by atoms with Gasteiger partial charge in [0.25, 0.3) is 17.8 Å². The van der Waals surface area contributed by atoms with E-state index in [0.717, 1.165) is 44.5 Å². The van der Waals surface area contributed by atoms with Crippen LogP contribution in [0.1, 0.15) is 112 Å². The van der Waals surface area contributed by atoms with Crippen molar-refractivity contribution in [2.24, 2.45) is 23.2 Å². The number of epoxide rings is 1. The molecule has 17 N–H and O–H groups in total. The van der Waals surface area contributed by atoms with E-state index in [9.17, 15) is 24.3 Å². The first-order valence-corrected chi connectivity index (χ1v) is 51.6. The van der Waals surface area contributed by atoms with Crippen LogP contribution in [0.3, 0.4) is 0 Å². The second-order valence-electron chi connectivity index (χ2n) is 26.5. The number of aliphatic hydroxyl groups excluding tert-OH is 1. The fourth-order valence-electron chi connectivity index (χ4n) is 11.9. The summed E-state index contributed by atoms with van der Waals surface area (Å²) in [5.74, 6) is 5.91. The first-order valence-electron chi connectivity index (χ1n) is 42.6. The van der Waals surface area contributed by atoms with Crippen LogP contribution < -0.4 is 60.4 Å². The van der Waals surface area contributed by atoms with E-state index >= 15 is 0 Å². The van der Waals surface area contributed by atoms with Gasteiger partial charge in [-0.05, 0) is 73.6 Å². The van der Waals surface area contributed by atoms with E-state index in [4.69, 9.17) is 59.4 Å². The number of carboxylic acids is 1. The summed E-state index contributed by atoms with van der Waals surface area (Å²) in [5.41, 5.74) is 19.5. The summed E-state index contributed by atoms with van der Waals surface area (Å²) >= 11 is 26.7. The minimum Gasteiger partial charge on any atom is -0.481 e. The Morgan fingerprint density at radius 2 is 0.674 bits per heavy atom. The van der Waals surface area contributed by atoms with Gasteiger partial charge in [0.1, 0.15) is 26.5 Å². The average molecular weight is 2980 g/mol. The zero-order valence-electron chi connectivity index (χ0n) is 81.6. The number of hydrogen-bond acceptors (Lipinski definition) is 25. The quantitative estimate of drug-likeness (QED) is 0.00148. The number of aliphatic hydroxyl groups is 1. The molecule has 10 aromatic carbocycles. The molecular formula is C102H132Br2Cl2I5N12O17VY3-7. The van der Waals surface area contributed by atoms with E-state index in [-0.39, 0.29) is 189 Å². The summed E-state index contributed by atoms with van der Waals surface area (Å²) in [6.07, 6.45) is 0.0483. The van der Waals surface area contributed by atoms with Gasteiger partial charge in [-0.2, -0.15) is 6.92 Å². The van der Waals surface area contributed by atoms with Gasteiger partial charge in [-0.15, -0.1) is 0 Å². The number of alkyl halides is 6. The molecule has 1 saturated heterocycles. The minimum atomic E-state index is -0.833. The number of rotatable bonds is 36. The number of ether oxygens (including phenoxy) is 8. The molecule has 29 nitrogen and oxygen atoms in total. The van der Waals surface area contributed by atoms with E-state index in [0.29, 0.717) is 57.1 Å². The number of benzene rings is 10. The van der Waals surface area contributed by atoms with Crippen molar-refractivity contribution in [1.29, 1.82) is 0 Å². The summed E-state index contributed by atoms with van der Waals surface area (Å²) in [6, 6.07) is 101. The molecule has 0 bridgehead atoms. The van der Waals surface area contributed by atoms with E-state index in [1.165, 1.54) is 26.0 Å². The molecule has 144 heavy (non-hydrogen) atoms. The predicted molar refractivity (Wildman–Crippen MR) is 611 cm³/mol. The molecule has 4 amide bonds. The van der Waals surface area contributed by atoms with Crippen molar-refractivity contribution in [1.82, 2.24) is 42.1 Å². The normalized spacial score (nSPS) is 11.0. The van der Waals surface area contributed by atoms with Gasteiger partial charge in [0, 0.05) is 130 Å². The molecule has 0 spiro atoms. The van der Waals surface area contributed by atoms with Gasteiger partial charge in [0.05, 0.1) is 121 Å². The number of hydrazine groups is 1. The van der Waals surface area contributed by atoms with Crippen molar-refractivity contribution in [3.8, 4) is 0 Å². The Bertz CT molecular complexity index is 4210. The zero-order valence-corrected chi connectivity index (χ0v) is 107. The number of carbonyl (C=O) groups excluding carboxylic acids is 6. The van der Waals surface area contributed by atoms with E-state index < -0.39 is 44.9 Å². The maximum atomic E-state index is 11.8. The number of halogens is 9. The molecule has 0 aromatic heterocycles. The van der Waals surface area contributed by atoms with Crippen molar-refractivity contribution in [3.63, 3.8) is 0 Å². The number of carboxylic acid groups (broad SMARTS) is 1. The summed E-state index contributed by atoms with van der Waals surface area (Å²) < 4.78 is 44.1. The largest absolute Gasteiger partial charge is 0.481 e. The fourth-order valence-corrected chi connectivity index (χ4v) is 11.9. The minimum absolute atomic E-state index is 0. The van der Waals surface area contributed by atoms with Gasteiger partial charge < -0.3 is 150 Å². The first kappa shape index (κ1) is 154. The molecule has 786 valence electrons. The number of nitrogens with one attached hydrogen (secondary N) is 7. The maximum absolute atomic E-state index is 11.8. The SMILES string of the molecule is BrCBr.CC.CC(=O)O.CC(I)(I)I.CCI.C[CH-]I.NCOCOCN.NN.O=C1c2ccccc2C(=O)N1CC1CO1.OCNC(c1ccccc1)(c1ccccc1)c1ccccc1.[CH2-]C(=O)Cl.[CH2-]C(=O)Cl.[CH2-]C(=O)NCOCOCNC([CH2-])=O.[CH2-]NCOCOCN[CH2-].[V].[Y].[Y].[Y].c1ccc(C(NCCOCNC(c2ccccc2)(c2ccccc2)c2ccccc2)(c2ccccc2)c2ccccc2)cc1. The summed E-state index contributed by atoms with van der Waals surface area (Å²) in [7, 11) is 6.69. The Balaban J connectivity index is -0.000000319. The molecule has 0 saturated carbocycles. The summed E-state index contributed by atoms with van der Waals surface area (Å²) in [6.45, 7) is 27.1. The average Bonchev–Trinajstić information content (AvgIpc) is 1.72. The zero-order chi connectivity index (χ0) is 106. The summed E-state index contributed by atoms with van der Waals surface area (Å²) in [4.78, 5) is 72.5. The number of amides is 4. The second kappa shape index (κ2) is 102. The summed E-state index contributed by atoms with van der Waals surface area (Å²) in [5, 5.41) is 36.6. The van der Waals surface area contributed by atoms with Crippen molar-refractivity contribution in [2.45, 2.75) is 63.7 Å². The molecule has 0 aliphatic carbocycles. The van der Waals surface area contributed by atoms with E-state index in [2.05, 4.69) is 500 Å². The fraction of sp³-hybridized carbons (Fsp3) is 0.275. The van der Waals surface area contributed by atoms with Crippen LogP contribution in [-0.4, -0.2) is 170 Å². The molecule has 4 radical (unpaired) electrons. The van der Waals surface area contributed by atoms with E-state index in [1.54, 1.807) is 24.3 Å². The Kier molecular flexibility index (Phi) is 109. The van der Waals surface area contributed by atoms with Crippen LogP contribution in [-0.2, 0) is 195 Å². The van der Waals surface area contributed by atoms with Gasteiger partial charge in [-0.1, -0.05) is 451 Å². The second-order valence-corrected chi connectivity index (χ2v) is 45.4. The number of aliphatic carboxylic acids is 1. The predicted octanol–water partition coefficient (Wildman–Crippen LogP) is 18.4. The molecule has 1 unspecified atom stereocenters. The van der Waals surface area contributed by atoms with Crippen molar-refractivity contribution < 1.29 is 198 Å². The van der Waals surface area contributed by atoms with Gasteiger partial charge >= 0.3 is 0 Å². The molecule has 2 aliphatic heterocycles. The van der Waals surface area contributed by atoms with Crippen molar-refractivity contribution in [2.75, 3.05) is 109 Å². The van der Waals surface area contributed by atoms with Gasteiger partial charge in [0.15, 0.2) is 6.79 Å². The number of nitrogens with two attached hydrogens (primary N) is 4. The smallest absolute Gasteiger partial charge is 0.300 e. The standard InChI is InChI=1S/C41H38N2O.C20H19NO.C11H9NO3.C7H12N2O4.C5H12N2O2.C3H10N2O2.2C2H2ClO.C2H3I3.C2H5I.C2H4I.C2H4O2.C2H6.CH2Br2.H4N2.V.3Y/c1-7-19-34(20-8-1)40(35-21-9-2-10-22-35,36-23-11-3-12-24-36)42-31-32-44-33-43-41(37-25-13-4-14-26-37,38-27-15-5-16-28-38)39-29-17-6-18-30-39;22-16-21-20(17-10-4-1-5-11-17,18-12-6-2-7-13-18)19-14-8-3-9-15-19;13-10-8-3-1-2-4-9(8)11(14)12(10)5-7-6-15-7;1-6(10)8-3-12-5-13-4-9-7(2)11;1-6-3-8-5-9-4-7-2;4-1-6-3-7-2-5;2*1-2(3)4;1-2(3,4)5;2*1-2-3;1-2(3)4;1-2;2-1-3;1-2;;;;/h1-30,42-43H,31-33H2;1-15,21-22H,16H2;1-4,7H,5-6H2;1-5H2,(H,8,10)(H,9,11);6-7H,1-5H2;1-5H2;2*1H2;1H3;2H2,1H3;2H,1H3;1H3,(H,3,4);1-2H3;1H2;1-2H2;;;;/q;;;2*-2;;2*-1;;;-1;;;;;;;;. The Labute approximate surface area is 1030 Å². The molecule has 42 heteroatoms. The Hall–Kier alpha value is -3.06. The van der Waals surface area contributed by atoms with Crippen molar-refractivity contribution in [3.05, 3.63) is 405 Å². The van der Waals surface area contributed by atoms with Crippen LogP contribution >= 0.6 is 168 Å². The van der Waals surface area contributed by atoms with E-state index in [1.807, 2.05) is 79.8 Å². The van der Waals surface area contributed by atoms with Crippen LogP contribution in [0.5, 0.6) is 0 Å². The Morgan fingerprint density at radius 1 is 0.472 bits per heavy atom. The molecule has 1 atom stereocenters. The monoisotopic (exact) mass is 2980 g/mol. The molecule has 1 fully saturated rings. The third-order valence-corrected chi connectivity index (χ3v) is 16.8. The number of hydrogen-bond donors (Lipinski definition) is 13. The number of imide groups is 1. The topological polar surface area (TPSA) is 429 Å². The van der Waals surface area contributed by atoms with Crippen LogP contribution in [0.25, 0.3) is 0 Å². The molecule has 2 heterocycles. The molecular weight excluding hydrogens is 2850 g/mol. The van der Waals surface area contributed by atoms with Crippen LogP contribution in [0.2, 0.25) is 0 Å². The third kappa shape index (κ3) is 71.8. The molecule has 10 aromatic rings. The van der Waals surface area contributed by atoms with Crippen LogP contribution in [0.15, 0.2) is 297 Å². The van der Waals surface area contributed by atoms with Gasteiger partial charge in [0.2, 0.25) is 0 Å². The number of fused-ring (bicyclic) bond motifs is 1. The number of nitrogens with zero attached hydrogens (tertiary/aromatic N) is 1. The van der Waals surface area contributed by atoms with Gasteiger partial charge in [-0.3, -0.25) is 65.4 Å². The van der Waals surface area contributed by atoms with Crippen molar-refractivity contribution >= 4 is 208 Å². The Morgan fingerprint density at radius 3 is 0.875 bits per heavy atom. The number of carbonyl (C=O) groups is 7. The van der Waals surface area contributed by atoms with Crippen LogP contribution in [0.4, 0.5) is 0 Å². The molecule has 2 aliphatic rings. The third-order valence-electron chi connectivity index (χ3n) is 16.8.